The SMILES string of the molecule is Cc1ccc2c(-c3nnc(SCCC(C)N4CCc5cc6nc(C(F)(F)F)oc6c(C)c5CC4)n3C)cccc2n1.Cl. The highest BCUT2D eigenvalue weighted by atomic mass is 35.5. The molecule has 1 unspecified atom stereocenters. The number of halogens is 4. The number of benzene rings is 2. The number of nitrogens with zero attached hydrogens (tertiary/aromatic N) is 6. The molecule has 1 aliphatic heterocycles. The van der Waals surface area contributed by atoms with E-state index in [0.717, 1.165) is 87.9 Å². The van der Waals surface area contributed by atoms with E-state index < -0.39 is 12.1 Å². The highest BCUT2D eigenvalue weighted by Gasteiger charge is 2.38. The summed E-state index contributed by atoms with van der Waals surface area (Å²) in [5.74, 6) is 0.533. The number of alkyl halides is 3. The van der Waals surface area contributed by atoms with E-state index in [-0.39, 0.29) is 23.5 Å². The average Bonchev–Trinajstić information content (AvgIpc) is 3.46. The summed E-state index contributed by atoms with van der Waals surface area (Å²) in [6.45, 7) is 7.75. The van der Waals surface area contributed by atoms with Crippen molar-refractivity contribution in [3.05, 3.63) is 64.7 Å². The van der Waals surface area contributed by atoms with E-state index in [4.69, 9.17) is 4.42 Å². The van der Waals surface area contributed by atoms with E-state index in [0.29, 0.717) is 6.04 Å². The quantitative estimate of drug-likeness (QED) is 0.187. The number of hydrogen-bond acceptors (Lipinski definition) is 7. The molecule has 0 fully saturated rings. The Bertz CT molecular complexity index is 1750. The molecule has 0 aliphatic carbocycles. The summed E-state index contributed by atoms with van der Waals surface area (Å²) in [5.41, 5.74) is 6.37. The van der Waals surface area contributed by atoms with Crippen LogP contribution in [0.15, 0.2) is 46.0 Å². The monoisotopic (exact) mass is 616 g/mol. The molecule has 1 aliphatic rings. The first-order valence-corrected chi connectivity index (χ1v) is 14.7. The lowest BCUT2D eigenvalue weighted by Crippen LogP contribution is -2.35. The van der Waals surface area contributed by atoms with Crippen LogP contribution in [0.5, 0.6) is 0 Å². The molecule has 222 valence electrons. The molecule has 1 atom stereocenters. The van der Waals surface area contributed by atoms with Crippen LogP contribution < -0.4 is 0 Å². The number of pyridine rings is 1. The zero-order chi connectivity index (χ0) is 28.9. The van der Waals surface area contributed by atoms with E-state index in [1.165, 1.54) is 0 Å². The first kappa shape index (κ1) is 30.3. The first-order valence-electron chi connectivity index (χ1n) is 13.7. The van der Waals surface area contributed by atoms with E-state index in [2.05, 4.69) is 44.1 Å². The minimum absolute atomic E-state index is 0. The van der Waals surface area contributed by atoms with Gasteiger partial charge in [0, 0.05) is 48.6 Å². The van der Waals surface area contributed by atoms with Crippen molar-refractivity contribution in [1.29, 1.82) is 0 Å². The van der Waals surface area contributed by atoms with Crippen LogP contribution in [0.4, 0.5) is 13.2 Å². The van der Waals surface area contributed by atoms with Crippen molar-refractivity contribution < 1.29 is 17.6 Å². The second kappa shape index (κ2) is 11.9. The maximum atomic E-state index is 13.1. The molecule has 0 amide bonds. The summed E-state index contributed by atoms with van der Waals surface area (Å²) < 4.78 is 46.6. The second-order valence-electron chi connectivity index (χ2n) is 10.7. The van der Waals surface area contributed by atoms with Crippen molar-refractivity contribution in [1.82, 2.24) is 29.6 Å². The Hall–Kier alpha value is -3.15. The number of thioether (sulfide) groups is 1. The van der Waals surface area contributed by atoms with Crippen LogP contribution in [-0.2, 0) is 26.1 Å². The van der Waals surface area contributed by atoms with Crippen molar-refractivity contribution in [3.8, 4) is 11.4 Å². The molecule has 0 bridgehead atoms. The van der Waals surface area contributed by atoms with Crippen molar-refractivity contribution in [2.75, 3.05) is 18.8 Å². The average molecular weight is 617 g/mol. The Morgan fingerprint density at radius 1 is 1.02 bits per heavy atom. The molecule has 0 radical (unpaired) electrons. The van der Waals surface area contributed by atoms with Crippen LogP contribution in [0, 0.1) is 13.8 Å². The van der Waals surface area contributed by atoms with Gasteiger partial charge >= 0.3 is 12.1 Å². The number of rotatable bonds is 6. The van der Waals surface area contributed by atoms with Crippen LogP contribution in [-0.4, -0.2) is 54.5 Å². The van der Waals surface area contributed by atoms with Gasteiger partial charge in [0.05, 0.1) is 5.52 Å². The van der Waals surface area contributed by atoms with Gasteiger partial charge in [-0.15, -0.1) is 22.6 Å². The maximum Gasteiger partial charge on any atom is 0.468 e. The van der Waals surface area contributed by atoms with Crippen LogP contribution >= 0.6 is 24.2 Å². The molecule has 6 rings (SSSR count). The summed E-state index contributed by atoms with van der Waals surface area (Å²) in [6.07, 6.45) is -2.09. The molecular formula is C30H32ClF3N6OS. The Morgan fingerprint density at radius 2 is 1.81 bits per heavy atom. The predicted octanol–water partition coefficient (Wildman–Crippen LogP) is 7.20. The molecule has 12 heteroatoms. The number of oxazole rings is 1. The molecule has 2 aromatic carbocycles. The van der Waals surface area contributed by atoms with Gasteiger partial charge in [-0.1, -0.05) is 30.0 Å². The van der Waals surface area contributed by atoms with Crippen molar-refractivity contribution in [2.45, 2.75) is 57.4 Å². The molecule has 7 nitrogen and oxygen atoms in total. The van der Waals surface area contributed by atoms with Crippen molar-refractivity contribution >= 4 is 46.2 Å². The van der Waals surface area contributed by atoms with Gasteiger partial charge in [0.15, 0.2) is 16.6 Å². The van der Waals surface area contributed by atoms with Crippen molar-refractivity contribution in [2.24, 2.45) is 7.05 Å². The Kier molecular flexibility index (Phi) is 8.55. The zero-order valence-corrected chi connectivity index (χ0v) is 25.5. The van der Waals surface area contributed by atoms with Crippen LogP contribution in [0.3, 0.4) is 0 Å². The third-order valence-corrected chi connectivity index (χ3v) is 9.10. The fourth-order valence-electron chi connectivity index (χ4n) is 5.72. The predicted molar refractivity (Wildman–Crippen MR) is 161 cm³/mol. The van der Waals surface area contributed by atoms with Crippen molar-refractivity contribution in [3.63, 3.8) is 0 Å². The Balaban J connectivity index is 0.00000353. The van der Waals surface area contributed by atoms with Gasteiger partial charge in [-0.25, -0.2) is 4.98 Å². The molecule has 3 aromatic heterocycles. The Labute approximate surface area is 252 Å². The summed E-state index contributed by atoms with van der Waals surface area (Å²) in [7, 11) is 2.00. The summed E-state index contributed by atoms with van der Waals surface area (Å²) >= 11 is 1.70. The van der Waals surface area contributed by atoms with E-state index in [1.807, 2.05) is 43.7 Å². The smallest absolute Gasteiger partial charge is 0.433 e. The van der Waals surface area contributed by atoms with E-state index in [9.17, 15) is 13.2 Å². The number of fused-ring (bicyclic) bond motifs is 3. The number of hydrogen-bond donors (Lipinski definition) is 0. The third-order valence-electron chi connectivity index (χ3n) is 8.04. The zero-order valence-electron chi connectivity index (χ0n) is 23.8. The number of aryl methyl sites for hydroxylation is 2. The molecule has 0 saturated heterocycles. The third kappa shape index (κ3) is 5.74. The fraction of sp³-hybridized carbons (Fsp3) is 0.400. The number of aromatic nitrogens is 5. The maximum absolute atomic E-state index is 13.1. The molecular weight excluding hydrogens is 585 g/mol. The van der Waals surface area contributed by atoms with Gasteiger partial charge in [0.1, 0.15) is 5.52 Å². The van der Waals surface area contributed by atoms with Gasteiger partial charge in [-0.2, -0.15) is 13.2 Å². The highest BCUT2D eigenvalue weighted by Crippen LogP contribution is 2.35. The molecule has 42 heavy (non-hydrogen) atoms. The van der Waals surface area contributed by atoms with Gasteiger partial charge in [0.2, 0.25) is 0 Å². The highest BCUT2D eigenvalue weighted by molar-refractivity contribution is 7.99. The lowest BCUT2D eigenvalue weighted by Gasteiger charge is -2.27. The van der Waals surface area contributed by atoms with Crippen LogP contribution in [0.25, 0.3) is 33.4 Å². The molecule has 0 saturated carbocycles. The minimum Gasteiger partial charge on any atom is -0.433 e. The summed E-state index contributed by atoms with van der Waals surface area (Å²) in [6, 6.07) is 12.3. The van der Waals surface area contributed by atoms with Crippen LogP contribution in [0.2, 0.25) is 0 Å². The largest absolute Gasteiger partial charge is 0.468 e. The molecule has 0 spiro atoms. The lowest BCUT2D eigenvalue weighted by atomic mass is 9.97. The minimum atomic E-state index is -4.59. The molecule has 5 aromatic rings. The topological polar surface area (TPSA) is 72.9 Å². The molecule has 0 N–H and O–H groups in total. The van der Waals surface area contributed by atoms with Gasteiger partial charge in [0.25, 0.3) is 0 Å². The first-order chi connectivity index (χ1) is 19.6. The van der Waals surface area contributed by atoms with E-state index in [1.54, 1.807) is 17.8 Å². The molecule has 4 heterocycles. The van der Waals surface area contributed by atoms with Gasteiger partial charge < -0.3 is 8.98 Å². The standard InChI is InChI=1S/C30H31F3N6OS.ClH/c1-17-8-9-22-23(6-5-7-24(22)34-17)27-36-37-29(38(27)4)41-15-12-18(2)39-13-10-20-16-25-26(19(3)21(20)11-14-39)40-28(35-25)30(31,32)33;/h5-9,16,18H,10-15H2,1-4H3;1H. The van der Waals surface area contributed by atoms with Crippen LogP contribution in [0.1, 0.15) is 41.6 Å². The summed E-state index contributed by atoms with van der Waals surface area (Å²) in [4.78, 5) is 10.8. The lowest BCUT2D eigenvalue weighted by molar-refractivity contribution is -0.156. The van der Waals surface area contributed by atoms with Gasteiger partial charge in [-0.3, -0.25) is 9.88 Å². The second-order valence-corrected chi connectivity index (χ2v) is 11.8. The van der Waals surface area contributed by atoms with E-state index >= 15 is 0 Å². The van der Waals surface area contributed by atoms with Gasteiger partial charge in [-0.05, 0) is 74.9 Å². The normalized spacial score (nSPS) is 15.0. The fourth-order valence-corrected chi connectivity index (χ4v) is 6.74. The summed E-state index contributed by atoms with van der Waals surface area (Å²) in [5, 5.41) is 10.9. The Morgan fingerprint density at radius 3 is 2.60 bits per heavy atom.